The standard InChI is InChI=1S/C18H20ClO2P.Li.H/c1-13(2)12-21-22(15-7-5-4-6-8-15)16-9-14(3)17(11-20)18(19)10-16;;/h4-11,13H,12H2,1-3H3;;/q;+1;-1. The van der Waals surface area contributed by atoms with Gasteiger partial charge < -0.3 is 5.95 Å². The molecule has 0 N–H and O–H groups in total. The van der Waals surface area contributed by atoms with Gasteiger partial charge in [-0.15, -0.1) is 0 Å². The fourth-order valence-electron chi connectivity index (χ4n) is 2.09. The Morgan fingerprint density at radius 3 is 2.39 bits per heavy atom. The van der Waals surface area contributed by atoms with Crippen molar-refractivity contribution < 1.29 is 29.6 Å². The third kappa shape index (κ3) is 5.46. The largest absolute Gasteiger partial charge is 1.00 e. The molecule has 0 aliphatic carbocycles. The third-order valence-corrected chi connectivity index (χ3v) is 5.42. The average Bonchev–Trinajstić information content (AvgIpc) is 2.48. The molecule has 2 aromatic rings. The second-order valence-corrected chi connectivity index (χ2v) is 7.88. The molecule has 0 fully saturated rings. The van der Waals surface area contributed by atoms with E-state index in [0.717, 1.165) is 22.5 Å². The first kappa shape index (κ1) is 20.4. The van der Waals surface area contributed by atoms with Crippen molar-refractivity contribution in [2.45, 2.75) is 20.8 Å². The Morgan fingerprint density at radius 2 is 1.87 bits per heavy atom. The number of aldehydes is 1. The molecule has 0 spiro atoms. The van der Waals surface area contributed by atoms with Crippen LogP contribution in [0.15, 0.2) is 42.5 Å². The van der Waals surface area contributed by atoms with Crippen molar-refractivity contribution in [3.8, 4) is 0 Å². The van der Waals surface area contributed by atoms with E-state index in [4.69, 9.17) is 16.1 Å². The van der Waals surface area contributed by atoms with Gasteiger partial charge in [0, 0.05) is 16.2 Å². The van der Waals surface area contributed by atoms with Crippen molar-refractivity contribution >= 4 is 36.6 Å². The smallest absolute Gasteiger partial charge is 1.00 e. The van der Waals surface area contributed by atoms with E-state index in [-0.39, 0.29) is 20.3 Å². The minimum Gasteiger partial charge on any atom is -1.00 e. The Morgan fingerprint density at radius 1 is 1.22 bits per heavy atom. The summed E-state index contributed by atoms with van der Waals surface area (Å²) in [6.45, 7) is 6.85. The molecular formula is C18H21ClLiO2P. The Balaban J connectivity index is 0.00000264. The number of carbonyl (C=O) groups is 1. The molecule has 2 aromatic carbocycles. The molecule has 0 bridgehead atoms. The van der Waals surface area contributed by atoms with Gasteiger partial charge in [-0.05, 0) is 30.5 Å². The molecule has 0 heterocycles. The van der Waals surface area contributed by atoms with Crippen LogP contribution in [0.3, 0.4) is 0 Å². The van der Waals surface area contributed by atoms with Crippen LogP contribution in [-0.2, 0) is 4.52 Å². The van der Waals surface area contributed by atoms with Gasteiger partial charge in [-0.3, -0.25) is 4.79 Å². The SMILES string of the molecule is Cc1cc(P(OCC(C)C)c2ccccc2)cc(Cl)c1C=O.[H-].[Li+]. The maximum atomic E-state index is 11.1. The van der Waals surface area contributed by atoms with Gasteiger partial charge in [0.2, 0.25) is 0 Å². The summed E-state index contributed by atoms with van der Waals surface area (Å²) < 4.78 is 6.18. The van der Waals surface area contributed by atoms with E-state index in [1.165, 1.54) is 0 Å². The molecule has 0 aliphatic heterocycles. The molecule has 5 heteroatoms. The summed E-state index contributed by atoms with van der Waals surface area (Å²) in [5.41, 5.74) is 1.44. The molecule has 0 saturated heterocycles. The number of halogens is 1. The summed E-state index contributed by atoms with van der Waals surface area (Å²) in [6, 6.07) is 14.0. The predicted molar refractivity (Wildman–Crippen MR) is 96.1 cm³/mol. The zero-order valence-corrected chi connectivity index (χ0v) is 15.7. The van der Waals surface area contributed by atoms with Crippen molar-refractivity contribution in [1.29, 1.82) is 0 Å². The van der Waals surface area contributed by atoms with Gasteiger partial charge in [-0.2, -0.15) is 0 Å². The zero-order valence-electron chi connectivity index (χ0n) is 15.0. The van der Waals surface area contributed by atoms with Crippen LogP contribution >= 0.6 is 19.7 Å². The summed E-state index contributed by atoms with van der Waals surface area (Å²) in [5.74, 6) is 0.458. The minimum atomic E-state index is -0.934. The van der Waals surface area contributed by atoms with Crippen LogP contribution < -0.4 is 29.5 Å². The van der Waals surface area contributed by atoms with E-state index in [1.807, 2.05) is 37.3 Å². The number of aryl methyl sites for hydroxylation is 1. The normalized spacial score (nSPS) is 11.9. The number of rotatable bonds is 6. The molecule has 0 radical (unpaired) electrons. The van der Waals surface area contributed by atoms with Gasteiger partial charge in [0.1, 0.15) is 0 Å². The molecule has 0 saturated carbocycles. The van der Waals surface area contributed by atoms with Gasteiger partial charge in [0.25, 0.3) is 0 Å². The fourth-order valence-corrected chi connectivity index (χ4v) is 4.52. The maximum Gasteiger partial charge on any atom is 1.00 e. The van der Waals surface area contributed by atoms with Crippen LogP contribution in [0.4, 0.5) is 0 Å². The zero-order chi connectivity index (χ0) is 16.1. The van der Waals surface area contributed by atoms with Crippen molar-refractivity contribution in [2.75, 3.05) is 6.61 Å². The van der Waals surface area contributed by atoms with Gasteiger partial charge in [0.15, 0.2) is 6.29 Å². The van der Waals surface area contributed by atoms with Crippen LogP contribution in [0.2, 0.25) is 5.02 Å². The Labute approximate surface area is 158 Å². The van der Waals surface area contributed by atoms with E-state index in [2.05, 4.69) is 26.0 Å². The predicted octanol–water partition coefficient (Wildman–Crippen LogP) is 1.60. The van der Waals surface area contributed by atoms with Gasteiger partial charge in [-0.25, -0.2) is 0 Å². The molecule has 118 valence electrons. The number of benzene rings is 2. The molecule has 0 aromatic heterocycles. The van der Waals surface area contributed by atoms with Gasteiger partial charge in [-0.1, -0.05) is 55.8 Å². The average molecular weight is 343 g/mol. The Kier molecular flexibility index (Phi) is 8.55. The number of hydrogen-bond donors (Lipinski definition) is 0. The van der Waals surface area contributed by atoms with Crippen molar-refractivity contribution in [2.24, 2.45) is 5.92 Å². The topological polar surface area (TPSA) is 26.3 Å². The monoisotopic (exact) mass is 342 g/mol. The van der Waals surface area contributed by atoms with E-state index in [9.17, 15) is 4.79 Å². The van der Waals surface area contributed by atoms with Crippen molar-refractivity contribution in [3.63, 3.8) is 0 Å². The second-order valence-electron chi connectivity index (χ2n) is 5.60. The fraction of sp³-hybridized carbons (Fsp3) is 0.278. The molecule has 1 atom stereocenters. The van der Waals surface area contributed by atoms with Crippen LogP contribution in [0.5, 0.6) is 0 Å². The summed E-state index contributed by atoms with van der Waals surface area (Å²) in [5, 5.41) is 2.67. The summed E-state index contributed by atoms with van der Waals surface area (Å²) >= 11 is 6.25. The summed E-state index contributed by atoms with van der Waals surface area (Å²) in [6.07, 6.45) is 0.807. The molecule has 23 heavy (non-hydrogen) atoms. The molecule has 0 aliphatic rings. The maximum absolute atomic E-state index is 11.1. The van der Waals surface area contributed by atoms with Crippen molar-refractivity contribution in [1.82, 2.24) is 0 Å². The number of hydrogen-bond acceptors (Lipinski definition) is 2. The van der Waals surface area contributed by atoms with E-state index in [0.29, 0.717) is 23.1 Å². The van der Waals surface area contributed by atoms with E-state index < -0.39 is 8.15 Å². The first-order valence-corrected chi connectivity index (χ1v) is 8.90. The molecule has 1 unspecified atom stereocenters. The molecule has 0 amide bonds. The molecule has 2 rings (SSSR count). The first-order chi connectivity index (χ1) is 10.5. The quantitative estimate of drug-likeness (QED) is 0.453. The third-order valence-electron chi connectivity index (χ3n) is 3.20. The van der Waals surface area contributed by atoms with Crippen LogP contribution in [0.1, 0.15) is 31.2 Å². The van der Waals surface area contributed by atoms with Gasteiger partial charge in [0.05, 0.1) is 19.8 Å². The molecule has 2 nitrogen and oxygen atoms in total. The number of carbonyl (C=O) groups excluding carboxylic acids is 1. The van der Waals surface area contributed by atoms with Crippen LogP contribution in [0.25, 0.3) is 0 Å². The summed E-state index contributed by atoms with van der Waals surface area (Å²) in [7, 11) is -0.934. The minimum absolute atomic E-state index is 0. The van der Waals surface area contributed by atoms with E-state index >= 15 is 0 Å². The second kappa shape index (κ2) is 9.63. The van der Waals surface area contributed by atoms with Crippen molar-refractivity contribution in [3.05, 3.63) is 58.6 Å². The summed E-state index contributed by atoms with van der Waals surface area (Å²) in [4.78, 5) is 11.1. The Bertz CT molecular complexity index is 630. The first-order valence-electron chi connectivity index (χ1n) is 7.26. The Hall–Kier alpha value is -0.613. The van der Waals surface area contributed by atoms with Crippen LogP contribution in [-0.4, -0.2) is 12.9 Å². The van der Waals surface area contributed by atoms with Gasteiger partial charge >= 0.3 is 18.9 Å². The van der Waals surface area contributed by atoms with E-state index in [1.54, 1.807) is 0 Å². The molecular weight excluding hydrogens is 322 g/mol. The van der Waals surface area contributed by atoms with Crippen LogP contribution in [0, 0.1) is 12.8 Å².